The van der Waals surface area contributed by atoms with Gasteiger partial charge in [-0.15, -0.1) is 0 Å². The number of anilines is 1. The van der Waals surface area contributed by atoms with Crippen LogP contribution in [-0.2, 0) is 4.74 Å². The number of nitrogens with zero attached hydrogens (tertiary/aromatic N) is 1. The lowest BCUT2D eigenvalue weighted by atomic mass is 10.2. The summed E-state index contributed by atoms with van der Waals surface area (Å²) >= 11 is 11.1. The number of pyridine rings is 1. The molecule has 8 heteroatoms. The lowest BCUT2D eigenvalue weighted by Gasteiger charge is -2.14. The molecule has 150 valence electrons. The van der Waals surface area contributed by atoms with Gasteiger partial charge in [0.2, 0.25) is 0 Å². The van der Waals surface area contributed by atoms with Gasteiger partial charge in [0, 0.05) is 22.7 Å². The van der Waals surface area contributed by atoms with E-state index in [9.17, 15) is 4.79 Å². The summed E-state index contributed by atoms with van der Waals surface area (Å²) in [4.78, 5) is 18.3. The fraction of sp³-hybridized carbons (Fsp3) is 0.143. The molecule has 0 radical (unpaired) electrons. The van der Waals surface area contributed by atoms with E-state index >= 15 is 0 Å². The number of rotatable bonds is 8. The van der Waals surface area contributed by atoms with Crippen LogP contribution in [0.15, 0.2) is 75.2 Å². The second-order valence-electron chi connectivity index (χ2n) is 5.82. The number of carbonyl (C=O) groups excluding carboxylic acids is 1. The number of benzene rings is 2. The van der Waals surface area contributed by atoms with Gasteiger partial charge in [-0.1, -0.05) is 45.4 Å². The predicted octanol–water partition coefficient (Wildman–Crippen LogP) is 5.93. The molecule has 0 aliphatic carbocycles. The van der Waals surface area contributed by atoms with Gasteiger partial charge in [-0.3, -0.25) is 4.79 Å². The predicted molar refractivity (Wildman–Crippen MR) is 119 cm³/mol. The smallest absolute Gasteiger partial charge is 0.258 e. The van der Waals surface area contributed by atoms with E-state index < -0.39 is 0 Å². The van der Waals surface area contributed by atoms with E-state index in [2.05, 4.69) is 26.2 Å². The number of para-hydroxylation sites is 1. The van der Waals surface area contributed by atoms with Crippen LogP contribution in [0, 0.1) is 0 Å². The fourth-order valence-electron chi connectivity index (χ4n) is 2.43. The maximum absolute atomic E-state index is 13.0. The average Bonchev–Trinajstić information content (AvgIpc) is 2.72. The van der Waals surface area contributed by atoms with Gasteiger partial charge in [0.25, 0.3) is 5.91 Å². The Morgan fingerprint density at radius 3 is 2.69 bits per heavy atom. The topological polar surface area (TPSA) is 60.5 Å². The summed E-state index contributed by atoms with van der Waals surface area (Å²) in [6.45, 7) is 0.732. The van der Waals surface area contributed by atoms with E-state index in [1.165, 1.54) is 11.8 Å². The van der Waals surface area contributed by atoms with Crippen molar-refractivity contribution in [3.8, 4) is 5.75 Å². The van der Waals surface area contributed by atoms with Gasteiger partial charge < -0.3 is 14.8 Å². The van der Waals surface area contributed by atoms with Gasteiger partial charge in [-0.2, -0.15) is 0 Å². The SMILES string of the molecule is COCCOc1c(Cl)cccc1NC(=O)c1cccnc1Sc1ccc(Br)cc1. The van der Waals surface area contributed by atoms with Crippen LogP contribution >= 0.6 is 39.3 Å². The first-order chi connectivity index (χ1) is 14.1. The van der Waals surface area contributed by atoms with Gasteiger partial charge in [0.1, 0.15) is 11.6 Å². The van der Waals surface area contributed by atoms with E-state index in [4.69, 9.17) is 21.1 Å². The fourth-order valence-corrected chi connectivity index (χ4v) is 3.80. The number of amides is 1. The molecule has 0 aliphatic rings. The van der Waals surface area contributed by atoms with Crippen LogP contribution in [0.1, 0.15) is 10.4 Å². The molecule has 29 heavy (non-hydrogen) atoms. The summed E-state index contributed by atoms with van der Waals surface area (Å²) in [7, 11) is 1.59. The Labute approximate surface area is 186 Å². The minimum Gasteiger partial charge on any atom is -0.487 e. The Kier molecular flexibility index (Phi) is 7.94. The van der Waals surface area contributed by atoms with Crippen molar-refractivity contribution in [3.05, 3.63) is 75.9 Å². The van der Waals surface area contributed by atoms with Crippen molar-refractivity contribution in [3.63, 3.8) is 0 Å². The zero-order chi connectivity index (χ0) is 20.6. The molecule has 3 aromatic rings. The third-order valence-corrected chi connectivity index (χ3v) is 5.65. The number of aromatic nitrogens is 1. The zero-order valence-corrected chi connectivity index (χ0v) is 18.7. The third-order valence-electron chi connectivity index (χ3n) is 3.79. The van der Waals surface area contributed by atoms with Crippen LogP contribution in [0.4, 0.5) is 5.69 Å². The van der Waals surface area contributed by atoms with E-state index in [0.717, 1.165) is 9.37 Å². The molecule has 2 aromatic carbocycles. The van der Waals surface area contributed by atoms with Gasteiger partial charge in [0.05, 0.1) is 22.9 Å². The van der Waals surface area contributed by atoms with Crippen LogP contribution in [0.2, 0.25) is 5.02 Å². The minimum atomic E-state index is -0.295. The number of ether oxygens (including phenoxy) is 2. The Hall–Kier alpha value is -2.06. The van der Waals surface area contributed by atoms with Crippen LogP contribution < -0.4 is 10.1 Å². The Morgan fingerprint density at radius 2 is 1.93 bits per heavy atom. The molecule has 1 amide bonds. The lowest BCUT2D eigenvalue weighted by Crippen LogP contribution is -2.15. The van der Waals surface area contributed by atoms with E-state index in [0.29, 0.717) is 40.3 Å². The number of nitrogens with one attached hydrogen (secondary N) is 1. The third kappa shape index (κ3) is 5.96. The normalized spacial score (nSPS) is 10.6. The number of halogens is 2. The molecule has 0 unspecified atom stereocenters. The number of carbonyl (C=O) groups is 1. The van der Waals surface area contributed by atoms with Crippen molar-refractivity contribution in [1.29, 1.82) is 0 Å². The molecule has 0 saturated carbocycles. The molecule has 0 saturated heterocycles. The van der Waals surface area contributed by atoms with Crippen molar-refractivity contribution < 1.29 is 14.3 Å². The Bertz CT molecular complexity index is 986. The number of hydrogen-bond acceptors (Lipinski definition) is 5. The molecule has 3 rings (SSSR count). The number of methoxy groups -OCH3 is 1. The molecular weight excluding hydrogens is 476 g/mol. The monoisotopic (exact) mass is 492 g/mol. The first kappa shape index (κ1) is 21.6. The largest absolute Gasteiger partial charge is 0.487 e. The molecule has 0 spiro atoms. The van der Waals surface area contributed by atoms with Crippen molar-refractivity contribution in [1.82, 2.24) is 4.98 Å². The summed E-state index contributed by atoms with van der Waals surface area (Å²) < 4.78 is 11.7. The highest BCUT2D eigenvalue weighted by atomic mass is 79.9. The summed E-state index contributed by atoms with van der Waals surface area (Å²) in [6, 6.07) is 16.5. The van der Waals surface area contributed by atoms with Crippen molar-refractivity contribution in [2.24, 2.45) is 0 Å². The average molecular weight is 494 g/mol. The zero-order valence-electron chi connectivity index (χ0n) is 15.5. The molecule has 1 aromatic heterocycles. The number of hydrogen-bond donors (Lipinski definition) is 1. The van der Waals surface area contributed by atoms with Gasteiger partial charge in [-0.25, -0.2) is 4.98 Å². The van der Waals surface area contributed by atoms with E-state index in [1.807, 2.05) is 24.3 Å². The molecule has 0 bridgehead atoms. The first-order valence-corrected chi connectivity index (χ1v) is 10.7. The Morgan fingerprint density at radius 1 is 1.14 bits per heavy atom. The summed E-state index contributed by atoms with van der Waals surface area (Å²) in [6.07, 6.45) is 1.66. The maximum atomic E-state index is 13.0. The summed E-state index contributed by atoms with van der Waals surface area (Å²) in [5.41, 5.74) is 0.949. The second kappa shape index (κ2) is 10.6. The highest BCUT2D eigenvalue weighted by Gasteiger charge is 2.17. The van der Waals surface area contributed by atoms with Gasteiger partial charge in [-0.05, 0) is 48.5 Å². The molecule has 1 heterocycles. The minimum absolute atomic E-state index is 0.295. The van der Waals surface area contributed by atoms with Gasteiger partial charge >= 0.3 is 0 Å². The van der Waals surface area contributed by atoms with E-state index in [-0.39, 0.29) is 5.91 Å². The van der Waals surface area contributed by atoms with Crippen LogP contribution in [0.3, 0.4) is 0 Å². The highest BCUT2D eigenvalue weighted by Crippen LogP contribution is 2.34. The van der Waals surface area contributed by atoms with Crippen LogP contribution in [0.25, 0.3) is 0 Å². The summed E-state index contributed by atoms with van der Waals surface area (Å²) in [5.74, 6) is 0.113. The van der Waals surface area contributed by atoms with Crippen LogP contribution in [-0.4, -0.2) is 31.2 Å². The maximum Gasteiger partial charge on any atom is 0.258 e. The molecule has 0 fully saturated rings. The molecule has 5 nitrogen and oxygen atoms in total. The second-order valence-corrected chi connectivity index (χ2v) is 8.21. The quantitative estimate of drug-likeness (QED) is 0.394. The molecular formula is C21H18BrClN2O3S. The van der Waals surface area contributed by atoms with Crippen molar-refractivity contribution >= 4 is 50.9 Å². The van der Waals surface area contributed by atoms with E-state index in [1.54, 1.807) is 43.6 Å². The Balaban J connectivity index is 1.81. The first-order valence-electron chi connectivity index (χ1n) is 8.68. The molecule has 0 aliphatic heterocycles. The lowest BCUT2D eigenvalue weighted by molar-refractivity contribution is 0.102. The van der Waals surface area contributed by atoms with Crippen molar-refractivity contribution in [2.75, 3.05) is 25.6 Å². The molecule has 1 N–H and O–H groups in total. The summed E-state index contributed by atoms with van der Waals surface area (Å²) in [5, 5.41) is 3.90. The molecule has 0 atom stereocenters. The van der Waals surface area contributed by atoms with Crippen molar-refractivity contribution in [2.45, 2.75) is 9.92 Å². The van der Waals surface area contributed by atoms with Crippen LogP contribution in [0.5, 0.6) is 5.75 Å². The highest BCUT2D eigenvalue weighted by molar-refractivity contribution is 9.10. The van der Waals surface area contributed by atoms with Gasteiger partial charge in [0.15, 0.2) is 5.75 Å². The standard InChI is InChI=1S/C21H18BrClN2O3S/c1-27-12-13-28-19-17(23)5-2-6-18(19)25-20(26)16-4-3-11-24-21(16)29-15-9-7-14(22)8-10-15/h2-11H,12-13H2,1H3,(H,25,26).